The lowest BCUT2D eigenvalue weighted by molar-refractivity contribution is 0.267. The van der Waals surface area contributed by atoms with E-state index in [9.17, 15) is 17.6 Å². The largest absolute Gasteiger partial charge is 0.324 e. The molecule has 0 fully saturated rings. The van der Waals surface area contributed by atoms with Gasteiger partial charge in [0.25, 0.3) is 5.56 Å². The molecule has 5 nitrogen and oxygen atoms in total. The summed E-state index contributed by atoms with van der Waals surface area (Å²) in [6, 6.07) is 8.59. The Hall–Kier alpha value is -2.41. The topological polar surface area (TPSA) is 65.4 Å². The molecule has 0 spiro atoms. The summed E-state index contributed by atoms with van der Waals surface area (Å²) in [6.45, 7) is 1.71. The Morgan fingerprint density at radius 2 is 1.77 bits per heavy atom. The third-order valence-corrected chi connectivity index (χ3v) is 3.11. The minimum absolute atomic E-state index is 0.264. The van der Waals surface area contributed by atoms with Gasteiger partial charge in [-0.15, -0.1) is 4.73 Å². The summed E-state index contributed by atoms with van der Waals surface area (Å²) in [5.41, 5.74) is 1.03. The summed E-state index contributed by atoms with van der Waals surface area (Å²) >= 11 is 0. The van der Waals surface area contributed by atoms with Gasteiger partial charge in [0.1, 0.15) is 5.82 Å². The molecule has 0 aliphatic carbocycles. The van der Waals surface area contributed by atoms with Crippen molar-refractivity contribution in [2.45, 2.75) is 6.92 Å². The van der Waals surface area contributed by atoms with Crippen molar-refractivity contribution in [1.29, 1.82) is 0 Å². The summed E-state index contributed by atoms with van der Waals surface area (Å²) in [6.07, 6.45) is 4.00. The number of aromatic nitrogens is 1. The maximum absolute atomic E-state index is 12.8. The second kappa shape index (κ2) is 6.15. The predicted octanol–water partition coefficient (Wildman–Crippen LogP) is 1.85. The van der Waals surface area contributed by atoms with Crippen molar-refractivity contribution < 1.29 is 17.1 Å². The van der Waals surface area contributed by atoms with Crippen LogP contribution >= 0.6 is 0 Å². The molecule has 1 heterocycles. The van der Waals surface area contributed by atoms with Crippen LogP contribution in [0.3, 0.4) is 0 Å². The van der Waals surface area contributed by atoms with Crippen LogP contribution < -0.4 is 9.84 Å². The highest BCUT2D eigenvalue weighted by Crippen LogP contribution is 2.09. The van der Waals surface area contributed by atoms with Gasteiger partial charge in [-0.25, -0.2) is 4.39 Å². The van der Waals surface area contributed by atoms with Gasteiger partial charge in [0.05, 0.1) is 11.9 Å². The summed E-state index contributed by atoms with van der Waals surface area (Å²) in [7, 11) is -3.84. The maximum atomic E-state index is 12.8. The van der Waals surface area contributed by atoms with Gasteiger partial charge in [-0.3, -0.25) is 9.08 Å². The van der Waals surface area contributed by atoms with Crippen LogP contribution in [0.25, 0.3) is 12.2 Å². The van der Waals surface area contributed by atoms with E-state index in [0.29, 0.717) is 15.9 Å². The summed E-state index contributed by atoms with van der Waals surface area (Å²) in [4.78, 5) is 11.9. The second-order valence-corrected chi connectivity index (χ2v) is 6.31. The van der Waals surface area contributed by atoms with E-state index in [1.807, 2.05) is 0 Å². The average Bonchev–Trinajstić information content (AvgIpc) is 2.40. The van der Waals surface area contributed by atoms with Crippen LogP contribution in [-0.4, -0.2) is 19.4 Å². The van der Waals surface area contributed by atoms with Crippen LogP contribution in [0, 0.1) is 12.7 Å². The Labute approximate surface area is 127 Å². The van der Waals surface area contributed by atoms with Crippen LogP contribution in [0.1, 0.15) is 16.8 Å². The first kappa shape index (κ1) is 16.0. The number of nitrogens with zero attached hydrogens (tertiary/aromatic N) is 1. The Kier molecular flexibility index (Phi) is 4.46. The number of benzene rings is 1. The molecule has 0 saturated carbocycles. The Morgan fingerprint density at radius 3 is 2.36 bits per heavy atom. The highest BCUT2D eigenvalue weighted by Gasteiger charge is 2.10. The highest BCUT2D eigenvalue weighted by atomic mass is 32.2. The molecule has 0 atom stereocenters. The lowest BCUT2D eigenvalue weighted by Gasteiger charge is -2.09. The second-order valence-electron chi connectivity index (χ2n) is 4.75. The van der Waals surface area contributed by atoms with E-state index in [4.69, 9.17) is 4.28 Å². The number of pyridine rings is 1. The zero-order valence-corrected chi connectivity index (χ0v) is 12.8. The summed E-state index contributed by atoms with van der Waals surface area (Å²) in [5, 5.41) is 0. The first-order valence-corrected chi connectivity index (χ1v) is 8.13. The zero-order chi connectivity index (χ0) is 16.3. The molecule has 0 aliphatic heterocycles. The molecule has 116 valence electrons. The summed E-state index contributed by atoms with van der Waals surface area (Å²) < 4.78 is 40.7. The van der Waals surface area contributed by atoms with Crippen molar-refractivity contribution in [3.63, 3.8) is 0 Å². The predicted molar refractivity (Wildman–Crippen MR) is 82.2 cm³/mol. The van der Waals surface area contributed by atoms with E-state index >= 15 is 0 Å². The Bertz CT molecular complexity index is 867. The molecule has 1 aromatic heterocycles. The van der Waals surface area contributed by atoms with Gasteiger partial charge >= 0.3 is 10.1 Å². The fourth-order valence-electron chi connectivity index (χ4n) is 1.80. The Morgan fingerprint density at radius 1 is 1.14 bits per heavy atom. The standard InChI is InChI=1S/C15H14FNO4S/c1-11-9-14(8-5-12-3-6-13(16)7-4-12)17(15(18)10-11)21-22(2,19)20/h3-10H,1-2H3. The average molecular weight is 323 g/mol. The van der Waals surface area contributed by atoms with Crippen molar-refractivity contribution in [2.24, 2.45) is 0 Å². The molecule has 0 N–H and O–H groups in total. The van der Waals surface area contributed by atoms with Gasteiger partial charge in [0.15, 0.2) is 0 Å². The molecule has 0 bridgehead atoms. The molecular formula is C15H14FNO4S. The van der Waals surface area contributed by atoms with Crippen LogP contribution in [0.5, 0.6) is 0 Å². The minimum Gasteiger partial charge on any atom is -0.284 e. The van der Waals surface area contributed by atoms with Crippen molar-refractivity contribution in [3.05, 3.63) is 69.4 Å². The van der Waals surface area contributed by atoms with E-state index in [1.54, 1.807) is 31.2 Å². The molecule has 1 aromatic carbocycles. The lowest BCUT2D eigenvalue weighted by atomic mass is 10.2. The van der Waals surface area contributed by atoms with Crippen molar-refractivity contribution in [2.75, 3.05) is 6.26 Å². The third kappa shape index (κ3) is 4.29. The molecule has 2 aromatic rings. The van der Waals surface area contributed by atoms with Crippen LogP contribution in [-0.2, 0) is 10.1 Å². The first-order chi connectivity index (χ1) is 10.2. The normalized spacial score (nSPS) is 11.8. The molecule has 0 saturated heterocycles. The fraction of sp³-hybridized carbons (Fsp3) is 0.133. The van der Waals surface area contributed by atoms with E-state index in [0.717, 1.165) is 6.26 Å². The van der Waals surface area contributed by atoms with Crippen molar-refractivity contribution in [3.8, 4) is 0 Å². The quantitative estimate of drug-likeness (QED) is 0.861. The molecule has 22 heavy (non-hydrogen) atoms. The Balaban J connectivity index is 2.45. The highest BCUT2D eigenvalue weighted by molar-refractivity contribution is 7.86. The number of aryl methyl sites for hydroxylation is 1. The van der Waals surface area contributed by atoms with Crippen LogP contribution in [0.15, 0.2) is 41.2 Å². The molecular weight excluding hydrogens is 309 g/mol. The van der Waals surface area contributed by atoms with Gasteiger partial charge in [0, 0.05) is 6.07 Å². The van der Waals surface area contributed by atoms with E-state index < -0.39 is 15.7 Å². The maximum Gasteiger partial charge on any atom is 0.324 e. The van der Waals surface area contributed by atoms with E-state index in [-0.39, 0.29) is 11.5 Å². The van der Waals surface area contributed by atoms with Gasteiger partial charge in [0.2, 0.25) is 0 Å². The molecule has 0 unspecified atom stereocenters. The smallest absolute Gasteiger partial charge is 0.284 e. The lowest BCUT2D eigenvalue weighted by Crippen LogP contribution is -2.31. The number of hydrogen-bond donors (Lipinski definition) is 0. The molecule has 0 amide bonds. The van der Waals surface area contributed by atoms with Crippen LogP contribution in [0.4, 0.5) is 4.39 Å². The fourth-order valence-corrected chi connectivity index (χ4v) is 2.23. The zero-order valence-electron chi connectivity index (χ0n) is 12.0. The number of rotatable bonds is 4. The molecule has 2 rings (SSSR count). The van der Waals surface area contributed by atoms with Gasteiger partial charge in [-0.1, -0.05) is 18.2 Å². The summed E-state index contributed by atoms with van der Waals surface area (Å²) in [5.74, 6) is -0.356. The molecule has 7 heteroatoms. The third-order valence-electron chi connectivity index (χ3n) is 2.69. The number of halogens is 1. The molecule has 0 radical (unpaired) electrons. The molecule has 0 aliphatic rings. The van der Waals surface area contributed by atoms with E-state index in [1.165, 1.54) is 24.3 Å². The van der Waals surface area contributed by atoms with Gasteiger partial charge in [-0.2, -0.15) is 8.42 Å². The van der Waals surface area contributed by atoms with Gasteiger partial charge < -0.3 is 0 Å². The van der Waals surface area contributed by atoms with Crippen LogP contribution in [0.2, 0.25) is 0 Å². The van der Waals surface area contributed by atoms with Gasteiger partial charge in [-0.05, 0) is 42.3 Å². The monoisotopic (exact) mass is 323 g/mol. The SMILES string of the molecule is Cc1cc(C=Cc2ccc(F)cc2)n(OS(C)(=O)=O)c(=O)c1. The van der Waals surface area contributed by atoms with E-state index in [2.05, 4.69) is 0 Å². The minimum atomic E-state index is -3.84. The first-order valence-electron chi connectivity index (χ1n) is 6.32. The van der Waals surface area contributed by atoms with Crippen molar-refractivity contribution in [1.82, 2.24) is 4.73 Å². The van der Waals surface area contributed by atoms with Crippen molar-refractivity contribution >= 4 is 22.3 Å². The number of hydrogen-bond acceptors (Lipinski definition) is 4.